The second-order valence-corrected chi connectivity index (χ2v) is 3.95. The summed E-state index contributed by atoms with van der Waals surface area (Å²) >= 11 is 5.09. The second kappa shape index (κ2) is 4.16. The molecule has 5 nitrogen and oxygen atoms in total. The van der Waals surface area contributed by atoms with Gasteiger partial charge in [0.15, 0.2) is 4.77 Å². The van der Waals surface area contributed by atoms with E-state index in [4.69, 9.17) is 17.3 Å². The molecule has 3 N–H and O–H groups in total. The maximum absolute atomic E-state index is 11.6. The van der Waals surface area contributed by atoms with E-state index in [0.29, 0.717) is 10.5 Å². The van der Waals surface area contributed by atoms with Crippen molar-refractivity contribution in [1.29, 1.82) is 0 Å². The van der Waals surface area contributed by atoms with Crippen molar-refractivity contribution in [1.82, 2.24) is 14.9 Å². The molecule has 1 aromatic rings. The molecule has 1 fully saturated rings. The number of aliphatic hydroxyl groups excluding tert-OH is 1. The third-order valence-electron chi connectivity index (χ3n) is 2.62. The summed E-state index contributed by atoms with van der Waals surface area (Å²) in [6.45, 7) is 0.610. The van der Waals surface area contributed by atoms with Crippen molar-refractivity contribution in [2.45, 2.75) is 25.5 Å². The molecule has 2 heterocycles. The minimum atomic E-state index is -0.278. The molecule has 1 aromatic heterocycles. The first-order valence-electron chi connectivity index (χ1n) is 4.91. The number of imidazole rings is 1. The van der Waals surface area contributed by atoms with Gasteiger partial charge in [-0.1, -0.05) is 0 Å². The van der Waals surface area contributed by atoms with Gasteiger partial charge in [0, 0.05) is 12.7 Å². The summed E-state index contributed by atoms with van der Waals surface area (Å²) in [4.78, 5) is 14.5. The number of amides is 1. The van der Waals surface area contributed by atoms with Gasteiger partial charge in [-0.05, 0) is 25.1 Å². The molecule has 0 radical (unpaired) electrons. The second-order valence-electron chi connectivity index (χ2n) is 3.56. The van der Waals surface area contributed by atoms with E-state index in [2.05, 4.69) is 10.3 Å². The molecule has 0 bridgehead atoms. The van der Waals surface area contributed by atoms with Crippen LogP contribution in [-0.4, -0.2) is 27.1 Å². The Labute approximate surface area is 92.1 Å². The number of aromatic amines is 1. The third kappa shape index (κ3) is 1.82. The minimum Gasteiger partial charge on any atom is -0.390 e. The maximum Gasteiger partial charge on any atom is 0.243 e. The van der Waals surface area contributed by atoms with Crippen molar-refractivity contribution in [2.75, 3.05) is 6.54 Å². The SMILES string of the molecule is O=C1NCCCC1n1c(CO)c[nH]c1=S. The molecule has 1 unspecified atom stereocenters. The highest BCUT2D eigenvalue weighted by molar-refractivity contribution is 7.71. The molecule has 82 valence electrons. The first-order valence-corrected chi connectivity index (χ1v) is 5.32. The van der Waals surface area contributed by atoms with Gasteiger partial charge in [0.2, 0.25) is 5.91 Å². The van der Waals surface area contributed by atoms with Crippen LogP contribution in [0.4, 0.5) is 0 Å². The van der Waals surface area contributed by atoms with Crippen LogP contribution >= 0.6 is 12.2 Å². The summed E-state index contributed by atoms with van der Waals surface area (Å²) in [6.07, 6.45) is 3.35. The number of nitrogens with one attached hydrogen (secondary N) is 2. The van der Waals surface area contributed by atoms with E-state index < -0.39 is 0 Å². The van der Waals surface area contributed by atoms with Crippen LogP contribution in [0.5, 0.6) is 0 Å². The largest absolute Gasteiger partial charge is 0.390 e. The van der Waals surface area contributed by atoms with Crippen molar-refractivity contribution in [3.63, 3.8) is 0 Å². The molecular weight excluding hydrogens is 214 g/mol. The lowest BCUT2D eigenvalue weighted by Gasteiger charge is -2.24. The summed E-state index contributed by atoms with van der Waals surface area (Å²) in [6, 6.07) is -0.278. The lowest BCUT2D eigenvalue weighted by Crippen LogP contribution is -2.38. The van der Waals surface area contributed by atoms with Gasteiger partial charge in [-0.2, -0.15) is 0 Å². The average molecular weight is 227 g/mol. The highest BCUT2D eigenvalue weighted by atomic mass is 32.1. The molecular formula is C9H13N3O2S. The molecule has 2 rings (SSSR count). The fourth-order valence-corrected chi connectivity index (χ4v) is 2.18. The zero-order valence-corrected chi connectivity index (χ0v) is 9.01. The topological polar surface area (TPSA) is 70.1 Å². The lowest BCUT2D eigenvalue weighted by atomic mass is 10.1. The molecule has 0 spiro atoms. The number of H-pyrrole nitrogens is 1. The summed E-state index contributed by atoms with van der Waals surface area (Å²) in [5, 5.41) is 11.9. The fraction of sp³-hybridized carbons (Fsp3) is 0.556. The first-order chi connectivity index (χ1) is 7.24. The maximum atomic E-state index is 11.6. The number of hydrogen-bond donors (Lipinski definition) is 3. The zero-order chi connectivity index (χ0) is 10.8. The van der Waals surface area contributed by atoms with Crippen LogP contribution in [0, 0.1) is 4.77 Å². The Bertz CT molecular complexity index is 423. The monoisotopic (exact) mass is 227 g/mol. The van der Waals surface area contributed by atoms with Crippen LogP contribution in [0.1, 0.15) is 24.6 Å². The molecule has 1 saturated heterocycles. The Morgan fingerprint density at radius 3 is 3.13 bits per heavy atom. The van der Waals surface area contributed by atoms with Gasteiger partial charge >= 0.3 is 0 Å². The quantitative estimate of drug-likeness (QED) is 0.644. The number of aromatic nitrogens is 2. The van der Waals surface area contributed by atoms with Gasteiger partial charge in [0.1, 0.15) is 6.04 Å². The number of nitrogens with zero attached hydrogens (tertiary/aromatic N) is 1. The smallest absolute Gasteiger partial charge is 0.243 e. The van der Waals surface area contributed by atoms with E-state index in [1.165, 1.54) is 0 Å². The van der Waals surface area contributed by atoms with Crippen molar-refractivity contribution in [2.24, 2.45) is 0 Å². The Morgan fingerprint density at radius 1 is 1.67 bits per heavy atom. The first kappa shape index (κ1) is 10.4. The van der Waals surface area contributed by atoms with Crippen molar-refractivity contribution in [3.8, 4) is 0 Å². The van der Waals surface area contributed by atoms with Crippen molar-refractivity contribution < 1.29 is 9.90 Å². The Hall–Kier alpha value is -1.14. The molecule has 15 heavy (non-hydrogen) atoms. The number of aliphatic hydroxyl groups is 1. The number of carbonyl (C=O) groups excluding carboxylic acids is 1. The van der Waals surface area contributed by atoms with Crippen LogP contribution in [0.15, 0.2) is 6.20 Å². The third-order valence-corrected chi connectivity index (χ3v) is 2.93. The van der Waals surface area contributed by atoms with Gasteiger partial charge in [0.05, 0.1) is 12.3 Å². The van der Waals surface area contributed by atoms with Crippen molar-refractivity contribution in [3.05, 3.63) is 16.7 Å². The van der Waals surface area contributed by atoms with Gasteiger partial charge in [-0.25, -0.2) is 0 Å². The minimum absolute atomic E-state index is 0.0216. The molecule has 6 heteroatoms. The number of rotatable bonds is 2. The van der Waals surface area contributed by atoms with E-state index >= 15 is 0 Å². The Kier molecular flexibility index (Phi) is 2.88. The number of piperidine rings is 1. The van der Waals surface area contributed by atoms with E-state index in [9.17, 15) is 4.79 Å². The van der Waals surface area contributed by atoms with Crippen molar-refractivity contribution >= 4 is 18.1 Å². The highest BCUT2D eigenvalue weighted by Gasteiger charge is 2.25. The van der Waals surface area contributed by atoms with Gasteiger partial charge in [-0.3, -0.25) is 4.79 Å². The van der Waals surface area contributed by atoms with E-state index in [1.54, 1.807) is 10.8 Å². The normalized spacial score (nSPS) is 21.4. The predicted molar refractivity (Wildman–Crippen MR) is 56.8 cm³/mol. The highest BCUT2D eigenvalue weighted by Crippen LogP contribution is 2.20. The number of hydrogen-bond acceptors (Lipinski definition) is 3. The summed E-state index contributed by atoms with van der Waals surface area (Å²) in [7, 11) is 0. The van der Waals surface area contributed by atoms with E-state index in [-0.39, 0.29) is 18.6 Å². The fourth-order valence-electron chi connectivity index (χ4n) is 1.88. The molecule has 1 atom stereocenters. The summed E-state index contributed by atoms with van der Waals surface area (Å²) in [5.74, 6) is -0.0216. The summed E-state index contributed by atoms with van der Waals surface area (Å²) < 4.78 is 2.19. The summed E-state index contributed by atoms with van der Waals surface area (Å²) in [5.41, 5.74) is 0.655. The standard InChI is InChI=1S/C9H13N3O2S/c13-5-6-4-11-9(15)12(6)7-2-1-3-10-8(7)14/h4,7,13H,1-3,5H2,(H,10,14)(H,11,15). The Balaban J connectivity index is 2.38. The van der Waals surface area contributed by atoms with Gasteiger partial charge < -0.3 is 20.0 Å². The molecule has 1 aliphatic heterocycles. The van der Waals surface area contributed by atoms with Crippen LogP contribution in [0.25, 0.3) is 0 Å². The van der Waals surface area contributed by atoms with Crippen LogP contribution in [-0.2, 0) is 11.4 Å². The lowest BCUT2D eigenvalue weighted by molar-refractivity contribution is -0.125. The molecule has 0 aromatic carbocycles. The van der Waals surface area contributed by atoms with Gasteiger partial charge in [-0.15, -0.1) is 0 Å². The van der Waals surface area contributed by atoms with E-state index in [1.807, 2.05) is 0 Å². The predicted octanol–water partition coefficient (Wildman–Crippen LogP) is 0.489. The molecule has 1 amide bonds. The van der Waals surface area contributed by atoms with Crippen LogP contribution in [0.3, 0.4) is 0 Å². The molecule has 0 aliphatic carbocycles. The van der Waals surface area contributed by atoms with Crippen LogP contribution < -0.4 is 5.32 Å². The molecule has 0 saturated carbocycles. The zero-order valence-electron chi connectivity index (χ0n) is 8.19. The van der Waals surface area contributed by atoms with Gasteiger partial charge in [0.25, 0.3) is 0 Å². The molecule has 1 aliphatic rings. The Morgan fingerprint density at radius 2 is 2.47 bits per heavy atom. The van der Waals surface area contributed by atoms with E-state index in [0.717, 1.165) is 19.4 Å². The number of carbonyl (C=O) groups is 1. The average Bonchev–Trinajstić information content (AvgIpc) is 2.60. The van der Waals surface area contributed by atoms with Crippen LogP contribution in [0.2, 0.25) is 0 Å².